The van der Waals surface area contributed by atoms with Crippen LogP contribution in [0.25, 0.3) is 0 Å². The predicted molar refractivity (Wildman–Crippen MR) is 88.1 cm³/mol. The summed E-state index contributed by atoms with van der Waals surface area (Å²) in [6.45, 7) is 1.90. The maximum absolute atomic E-state index is 12.3. The number of hydrogen-bond acceptors (Lipinski definition) is 3. The van der Waals surface area contributed by atoms with Gasteiger partial charge in [-0.25, -0.2) is 13.2 Å². The molecule has 5 nitrogen and oxygen atoms in total. The second kappa shape index (κ2) is 6.02. The highest BCUT2D eigenvalue weighted by Gasteiger charge is 2.18. The van der Waals surface area contributed by atoms with Gasteiger partial charge in [-0.3, -0.25) is 4.72 Å². The largest absolute Gasteiger partial charge is 0.478 e. The molecule has 0 radical (unpaired) electrons. The van der Waals surface area contributed by atoms with Crippen molar-refractivity contribution in [2.24, 2.45) is 0 Å². The fourth-order valence-electron chi connectivity index (χ4n) is 1.67. The number of nitrogens with one attached hydrogen (secondary N) is 1. The zero-order valence-corrected chi connectivity index (χ0v) is 14.0. The Bertz CT molecular complexity index is 785. The molecule has 0 bridgehead atoms. The van der Waals surface area contributed by atoms with E-state index in [0.717, 1.165) is 11.6 Å². The third kappa shape index (κ3) is 3.73. The monoisotopic (exact) mass is 417 g/mol. The summed E-state index contributed by atoms with van der Waals surface area (Å²) in [5.74, 6) is -1.16. The van der Waals surface area contributed by atoms with Gasteiger partial charge in [-0.1, -0.05) is 17.7 Å². The Labute approximate surface area is 136 Å². The maximum atomic E-state index is 12.3. The maximum Gasteiger partial charge on any atom is 0.336 e. The Morgan fingerprint density at radius 1 is 1.14 bits per heavy atom. The lowest BCUT2D eigenvalue weighted by Crippen LogP contribution is -2.14. The first-order valence-electron chi connectivity index (χ1n) is 5.92. The van der Waals surface area contributed by atoms with E-state index in [2.05, 4.69) is 4.72 Å². The average Bonchev–Trinajstić information content (AvgIpc) is 2.41. The van der Waals surface area contributed by atoms with Crippen molar-refractivity contribution < 1.29 is 18.3 Å². The smallest absolute Gasteiger partial charge is 0.336 e. The van der Waals surface area contributed by atoms with E-state index in [9.17, 15) is 13.2 Å². The average molecular weight is 417 g/mol. The van der Waals surface area contributed by atoms with Gasteiger partial charge >= 0.3 is 5.97 Å². The Balaban J connectivity index is 2.38. The molecule has 0 unspecified atom stereocenters. The molecule has 110 valence electrons. The number of carboxylic acid groups (broad SMARTS) is 1. The lowest BCUT2D eigenvalue weighted by atomic mass is 10.2. The van der Waals surface area contributed by atoms with Gasteiger partial charge in [-0.2, -0.15) is 0 Å². The quantitative estimate of drug-likeness (QED) is 0.750. The van der Waals surface area contributed by atoms with Crippen LogP contribution in [0.2, 0.25) is 0 Å². The van der Waals surface area contributed by atoms with Crippen LogP contribution in [-0.4, -0.2) is 19.5 Å². The first-order valence-corrected chi connectivity index (χ1v) is 8.48. The van der Waals surface area contributed by atoms with Crippen LogP contribution in [-0.2, 0) is 10.0 Å². The molecule has 2 N–H and O–H groups in total. The third-order valence-corrected chi connectivity index (χ3v) is 5.10. The number of carbonyl (C=O) groups is 1. The predicted octanol–water partition coefficient (Wildman–Crippen LogP) is 3.10. The molecular weight excluding hydrogens is 405 g/mol. The van der Waals surface area contributed by atoms with E-state index in [0.29, 0.717) is 9.26 Å². The van der Waals surface area contributed by atoms with Gasteiger partial charge in [-0.05, 0) is 59.8 Å². The van der Waals surface area contributed by atoms with E-state index >= 15 is 0 Å². The van der Waals surface area contributed by atoms with Gasteiger partial charge in [0.2, 0.25) is 0 Å². The highest BCUT2D eigenvalue weighted by Crippen LogP contribution is 2.21. The summed E-state index contributed by atoms with van der Waals surface area (Å²) >= 11 is 1.85. The molecule has 0 atom stereocenters. The van der Waals surface area contributed by atoms with Crippen LogP contribution >= 0.6 is 22.6 Å². The SMILES string of the molecule is Cc1ccc(NS(=O)(=O)c2ccc(I)c(C(=O)O)c2)cc1. The molecule has 0 aliphatic rings. The van der Waals surface area contributed by atoms with Crippen LogP contribution in [0.15, 0.2) is 47.4 Å². The summed E-state index contributed by atoms with van der Waals surface area (Å²) in [6.07, 6.45) is 0. The third-order valence-electron chi connectivity index (χ3n) is 2.78. The van der Waals surface area contributed by atoms with E-state index < -0.39 is 16.0 Å². The minimum Gasteiger partial charge on any atom is -0.478 e. The topological polar surface area (TPSA) is 83.5 Å². The summed E-state index contributed by atoms with van der Waals surface area (Å²) < 4.78 is 27.4. The van der Waals surface area contributed by atoms with Gasteiger partial charge in [0.15, 0.2) is 0 Å². The van der Waals surface area contributed by atoms with Crippen LogP contribution in [0.3, 0.4) is 0 Å². The van der Waals surface area contributed by atoms with E-state index in [4.69, 9.17) is 5.11 Å². The van der Waals surface area contributed by atoms with Crippen LogP contribution in [0.5, 0.6) is 0 Å². The van der Waals surface area contributed by atoms with Gasteiger partial charge in [0.1, 0.15) is 0 Å². The normalized spacial score (nSPS) is 11.1. The molecule has 0 spiro atoms. The number of rotatable bonds is 4. The van der Waals surface area contributed by atoms with Crippen molar-refractivity contribution in [3.8, 4) is 0 Å². The Hall–Kier alpha value is -1.61. The van der Waals surface area contributed by atoms with Crippen LogP contribution in [0, 0.1) is 10.5 Å². The summed E-state index contributed by atoms with van der Waals surface area (Å²) in [5.41, 5.74) is 1.40. The minimum absolute atomic E-state index is 0.0395. The number of sulfonamides is 1. The summed E-state index contributed by atoms with van der Waals surface area (Å²) in [5, 5.41) is 9.06. The number of benzene rings is 2. The molecule has 2 aromatic rings. The van der Waals surface area contributed by atoms with E-state index in [1.807, 2.05) is 29.5 Å². The van der Waals surface area contributed by atoms with Crippen molar-refractivity contribution in [3.63, 3.8) is 0 Å². The molecule has 0 heterocycles. The van der Waals surface area contributed by atoms with Crippen molar-refractivity contribution in [2.75, 3.05) is 4.72 Å². The molecule has 0 saturated carbocycles. The second-order valence-electron chi connectivity index (χ2n) is 4.42. The highest BCUT2D eigenvalue weighted by atomic mass is 127. The minimum atomic E-state index is -3.82. The van der Waals surface area contributed by atoms with Crippen LogP contribution in [0.4, 0.5) is 5.69 Å². The number of anilines is 1. The van der Waals surface area contributed by atoms with Crippen LogP contribution < -0.4 is 4.72 Å². The fraction of sp³-hybridized carbons (Fsp3) is 0.0714. The van der Waals surface area contributed by atoms with Crippen molar-refractivity contribution >= 4 is 44.3 Å². The Morgan fingerprint density at radius 3 is 2.33 bits per heavy atom. The number of aryl methyl sites for hydroxylation is 1. The molecule has 0 aliphatic heterocycles. The van der Waals surface area contributed by atoms with Gasteiger partial charge in [-0.15, -0.1) is 0 Å². The first-order chi connectivity index (χ1) is 9.79. The van der Waals surface area contributed by atoms with Crippen molar-refractivity contribution in [2.45, 2.75) is 11.8 Å². The fourth-order valence-corrected chi connectivity index (χ4v) is 3.32. The highest BCUT2D eigenvalue weighted by molar-refractivity contribution is 14.1. The molecular formula is C14H12INO4S. The molecule has 0 aromatic heterocycles. The number of aromatic carboxylic acids is 1. The Morgan fingerprint density at radius 2 is 1.76 bits per heavy atom. The van der Waals surface area contributed by atoms with Crippen molar-refractivity contribution in [3.05, 3.63) is 57.2 Å². The van der Waals surface area contributed by atoms with Gasteiger partial charge in [0.25, 0.3) is 10.0 Å². The van der Waals surface area contributed by atoms with Crippen molar-refractivity contribution in [1.29, 1.82) is 0 Å². The summed E-state index contributed by atoms with van der Waals surface area (Å²) in [6, 6.07) is 10.9. The molecule has 2 rings (SSSR count). The molecule has 7 heteroatoms. The number of halogens is 1. The van der Waals surface area contributed by atoms with Crippen molar-refractivity contribution in [1.82, 2.24) is 0 Å². The molecule has 2 aromatic carbocycles. The molecule has 21 heavy (non-hydrogen) atoms. The lowest BCUT2D eigenvalue weighted by Gasteiger charge is -2.09. The van der Waals surface area contributed by atoms with Gasteiger partial charge < -0.3 is 5.11 Å². The number of hydrogen-bond donors (Lipinski definition) is 2. The van der Waals surface area contributed by atoms with Gasteiger partial charge in [0.05, 0.1) is 10.5 Å². The Kier molecular flexibility index (Phi) is 4.52. The zero-order valence-electron chi connectivity index (χ0n) is 11.0. The zero-order chi connectivity index (χ0) is 15.6. The summed E-state index contributed by atoms with van der Waals surface area (Å²) in [7, 11) is -3.82. The van der Waals surface area contributed by atoms with Crippen LogP contribution in [0.1, 0.15) is 15.9 Å². The summed E-state index contributed by atoms with van der Waals surface area (Å²) in [4.78, 5) is 11.0. The molecule has 0 fully saturated rings. The molecule has 0 aliphatic carbocycles. The van der Waals surface area contributed by atoms with Gasteiger partial charge in [0, 0.05) is 9.26 Å². The lowest BCUT2D eigenvalue weighted by molar-refractivity contribution is 0.0695. The first kappa shape index (κ1) is 15.8. The van der Waals surface area contributed by atoms with E-state index in [1.54, 1.807) is 24.3 Å². The molecule has 0 saturated heterocycles. The standard InChI is InChI=1S/C14H12INO4S/c1-9-2-4-10(5-3-9)16-21(19,20)11-6-7-13(15)12(8-11)14(17)18/h2-8,16H,1H3,(H,17,18). The second-order valence-corrected chi connectivity index (χ2v) is 7.26. The molecule has 0 amide bonds. The van der Waals surface area contributed by atoms with E-state index in [1.165, 1.54) is 12.1 Å². The number of carboxylic acids is 1. The van der Waals surface area contributed by atoms with E-state index in [-0.39, 0.29) is 10.5 Å².